The highest BCUT2D eigenvalue weighted by Crippen LogP contribution is 1.94. The minimum absolute atomic E-state index is 0.0679. The van der Waals surface area contributed by atoms with Crippen LogP contribution < -0.4 is 0 Å². The smallest absolute Gasteiger partial charge is 0.154 e. The maximum atomic E-state index is 5.24. The number of ether oxygens (including phenoxy) is 2. The summed E-state index contributed by atoms with van der Waals surface area (Å²) in [6.07, 6.45) is 1.78. The molecule has 2 nitrogen and oxygen atoms in total. The second-order valence-electron chi connectivity index (χ2n) is 2.16. The van der Waals surface area contributed by atoms with Gasteiger partial charge in [0.1, 0.15) is 0 Å². The summed E-state index contributed by atoms with van der Waals surface area (Å²) in [5, 5.41) is 0. The van der Waals surface area contributed by atoms with E-state index in [2.05, 4.69) is 13.8 Å². The molecule has 0 aromatic carbocycles. The second kappa shape index (κ2) is 7.03. The van der Waals surface area contributed by atoms with Gasteiger partial charge >= 0.3 is 0 Å². The van der Waals surface area contributed by atoms with Crippen molar-refractivity contribution in [1.82, 2.24) is 0 Å². The molecule has 0 saturated heterocycles. The van der Waals surface area contributed by atoms with E-state index in [9.17, 15) is 0 Å². The average molecular weight is 145 g/mol. The molecule has 10 heavy (non-hydrogen) atoms. The van der Waals surface area contributed by atoms with Gasteiger partial charge in [-0.1, -0.05) is 13.8 Å². The minimum Gasteiger partial charge on any atom is -0.353 e. The molecule has 1 radical (unpaired) electrons. The summed E-state index contributed by atoms with van der Waals surface area (Å²) in [4.78, 5) is 0. The average Bonchev–Trinajstić information content (AvgIpc) is 1.97. The molecule has 0 bridgehead atoms. The van der Waals surface area contributed by atoms with E-state index in [4.69, 9.17) is 9.47 Å². The van der Waals surface area contributed by atoms with Crippen molar-refractivity contribution in [2.45, 2.75) is 33.0 Å². The van der Waals surface area contributed by atoms with E-state index in [0.29, 0.717) is 6.61 Å². The summed E-state index contributed by atoms with van der Waals surface area (Å²) in [5.74, 6) is 0. The van der Waals surface area contributed by atoms with Gasteiger partial charge in [0.2, 0.25) is 0 Å². The Hall–Kier alpha value is -0.0800. The van der Waals surface area contributed by atoms with Crippen LogP contribution in [0.4, 0.5) is 0 Å². The Morgan fingerprint density at radius 2 is 1.90 bits per heavy atom. The molecular formula is C8H17O2. The van der Waals surface area contributed by atoms with Crippen LogP contribution in [0.3, 0.4) is 0 Å². The maximum Gasteiger partial charge on any atom is 0.154 e. The summed E-state index contributed by atoms with van der Waals surface area (Å²) >= 11 is 0. The summed E-state index contributed by atoms with van der Waals surface area (Å²) in [7, 11) is 0. The van der Waals surface area contributed by atoms with Gasteiger partial charge in [-0.25, -0.2) is 0 Å². The highest BCUT2D eigenvalue weighted by atomic mass is 16.7. The van der Waals surface area contributed by atoms with Crippen molar-refractivity contribution in [2.75, 3.05) is 13.2 Å². The SMILES string of the molecule is [CH2]CCOC(C)OCCC. The fourth-order valence-electron chi connectivity index (χ4n) is 0.581. The van der Waals surface area contributed by atoms with Gasteiger partial charge in [-0.2, -0.15) is 0 Å². The summed E-state index contributed by atoms with van der Waals surface area (Å²) < 4.78 is 10.5. The highest BCUT2D eigenvalue weighted by molar-refractivity contribution is 4.37. The predicted molar refractivity (Wildman–Crippen MR) is 41.6 cm³/mol. The second-order valence-corrected chi connectivity index (χ2v) is 2.16. The van der Waals surface area contributed by atoms with Gasteiger partial charge in [0, 0.05) is 13.2 Å². The maximum absolute atomic E-state index is 5.24. The van der Waals surface area contributed by atoms with Crippen molar-refractivity contribution in [2.24, 2.45) is 0 Å². The van der Waals surface area contributed by atoms with Gasteiger partial charge < -0.3 is 9.47 Å². The lowest BCUT2D eigenvalue weighted by Gasteiger charge is -2.12. The third kappa shape index (κ3) is 6.05. The number of hydrogen-bond donors (Lipinski definition) is 0. The Balaban J connectivity index is 3.00. The Kier molecular flexibility index (Phi) is 6.98. The number of rotatable bonds is 6. The molecule has 0 N–H and O–H groups in total. The van der Waals surface area contributed by atoms with Gasteiger partial charge in [-0.3, -0.25) is 0 Å². The minimum atomic E-state index is -0.0679. The zero-order valence-corrected chi connectivity index (χ0v) is 6.93. The molecule has 0 spiro atoms. The zero-order chi connectivity index (χ0) is 7.82. The molecule has 0 heterocycles. The largest absolute Gasteiger partial charge is 0.353 e. The first kappa shape index (κ1) is 9.92. The molecule has 61 valence electrons. The van der Waals surface area contributed by atoms with Gasteiger partial charge in [0.05, 0.1) is 0 Å². The van der Waals surface area contributed by atoms with Crippen LogP contribution >= 0.6 is 0 Å². The topological polar surface area (TPSA) is 18.5 Å². The van der Waals surface area contributed by atoms with Gasteiger partial charge in [0.25, 0.3) is 0 Å². The third-order valence-electron chi connectivity index (χ3n) is 1.05. The quantitative estimate of drug-likeness (QED) is 0.532. The molecule has 1 unspecified atom stereocenters. The third-order valence-corrected chi connectivity index (χ3v) is 1.05. The van der Waals surface area contributed by atoms with E-state index in [0.717, 1.165) is 19.4 Å². The molecule has 0 saturated carbocycles. The van der Waals surface area contributed by atoms with Crippen LogP contribution in [0.5, 0.6) is 0 Å². The first-order valence-electron chi connectivity index (χ1n) is 3.83. The summed E-state index contributed by atoms with van der Waals surface area (Å²) in [6.45, 7) is 9.10. The molecule has 0 amide bonds. The lowest BCUT2D eigenvalue weighted by atomic mass is 10.5. The first-order chi connectivity index (χ1) is 4.81. The molecule has 0 aliphatic rings. The first-order valence-corrected chi connectivity index (χ1v) is 3.83. The molecular weight excluding hydrogens is 128 g/mol. The van der Waals surface area contributed by atoms with Crippen molar-refractivity contribution in [1.29, 1.82) is 0 Å². The molecule has 0 fully saturated rings. The molecule has 1 atom stereocenters. The van der Waals surface area contributed by atoms with Crippen LogP contribution in [0.15, 0.2) is 0 Å². The van der Waals surface area contributed by atoms with Gasteiger partial charge in [-0.15, -0.1) is 0 Å². The molecule has 0 rings (SSSR count). The van der Waals surface area contributed by atoms with E-state index in [1.807, 2.05) is 6.92 Å². The fraction of sp³-hybridized carbons (Fsp3) is 0.875. The van der Waals surface area contributed by atoms with E-state index in [1.54, 1.807) is 0 Å². The van der Waals surface area contributed by atoms with Crippen LogP contribution in [0.1, 0.15) is 26.7 Å². The summed E-state index contributed by atoms with van der Waals surface area (Å²) in [5.41, 5.74) is 0. The Morgan fingerprint density at radius 3 is 2.40 bits per heavy atom. The lowest BCUT2D eigenvalue weighted by molar-refractivity contribution is -0.129. The van der Waals surface area contributed by atoms with Crippen LogP contribution in [-0.4, -0.2) is 19.5 Å². The van der Waals surface area contributed by atoms with E-state index in [1.165, 1.54) is 0 Å². The molecule has 2 heteroatoms. The molecule has 0 aromatic heterocycles. The van der Waals surface area contributed by atoms with Crippen molar-refractivity contribution in [3.8, 4) is 0 Å². The van der Waals surface area contributed by atoms with Crippen molar-refractivity contribution >= 4 is 0 Å². The monoisotopic (exact) mass is 145 g/mol. The number of hydrogen-bond acceptors (Lipinski definition) is 2. The van der Waals surface area contributed by atoms with Crippen LogP contribution in [0.2, 0.25) is 0 Å². The molecule has 0 aliphatic carbocycles. The lowest BCUT2D eigenvalue weighted by Crippen LogP contribution is -2.13. The molecule has 0 aliphatic heterocycles. The van der Waals surface area contributed by atoms with Crippen LogP contribution in [0, 0.1) is 6.92 Å². The Bertz CT molecular complexity index is 56.3. The Labute approximate surface area is 63.5 Å². The van der Waals surface area contributed by atoms with Crippen molar-refractivity contribution in [3.63, 3.8) is 0 Å². The highest BCUT2D eigenvalue weighted by Gasteiger charge is 1.97. The molecule has 0 aromatic rings. The standard InChI is InChI=1S/C8H17O2/c1-4-6-9-8(3)10-7-5-2/h8H,1,4-7H2,2-3H3. The van der Waals surface area contributed by atoms with E-state index >= 15 is 0 Å². The van der Waals surface area contributed by atoms with Crippen molar-refractivity contribution in [3.05, 3.63) is 6.92 Å². The summed E-state index contributed by atoms with van der Waals surface area (Å²) in [6, 6.07) is 0. The van der Waals surface area contributed by atoms with E-state index in [-0.39, 0.29) is 6.29 Å². The predicted octanol–water partition coefficient (Wildman–Crippen LogP) is 2.00. The Morgan fingerprint density at radius 1 is 1.30 bits per heavy atom. The normalized spacial score (nSPS) is 10.8. The van der Waals surface area contributed by atoms with Gasteiger partial charge in [-0.05, 0) is 19.8 Å². The zero-order valence-electron chi connectivity index (χ0n) is 6.93. The van der Waals surface area contributed by atoms with E-state index < -0.39 is 0 Å². The van der Waals surface area contributed by atoms with Crippen LogP contribution in [0.25, 0.3) is 0 Å². The van der Waals surface area contributed by atoms with Gasteiger partial charge in [0.15, 0.2) is 6.29 Å². The van der Waals surface area contributed by atoms with Crippen LogP contribution in [-0.2, 0) is 9.47 Å². The van der Waals surface area contributed by atoms with Crippen molar-refractivity contribution < 1.29 is 9.47 Å². The fourth-order valence-corrected chi connectivity index (χ4v) is 0.581.